The number of aromatic nitrogens is 2. The highest BCUT2D eigenvalue weighted by atomic mass is 35.5. The predicted octanol–water partition coefficient (Wildman–Crippen LogP) is 3.38. The molecule has 0 fully saturated rings. The molecular formula is C14H9ClN2O2. The number of nitrogens with zero attached hydrogens (tertiary/aromatic N) is 2. The number of hydrogen-bond donors (Lipinski definition) is 1. The molecule has 1 aromatic heterocycles. The second-order valence-electron chi connectivity index (χ2n) is 4.08. The highest BCUT2D eigenvalue weighted by Crippen LogP contribution is 2.23. The summed E-state index contributed by atoms with van der Waals surface area (Å²) in [7, 11) is 0. The molecular weight excluding hydrogens is 264 g/mol. The number of benzene rings is 2. The number of rotatable bonds is 2. The third-order valence-corrected chi connectivity index (χ3v) is 3.22. The van der Waals surface area contributed by atoms with Crippen LogP contribution >= 0.6 is 11.6 Å². The third-order valence-electron chi connectivity index (χ3n) is 2.90. The second-order valence-corrected chi connectivity index (χ2v) is 4.49. The number of aromatic carboxylic acids is 1. The van der Waals surface area contributed by atoms with Crippen molar-refractivity contribution in [2.24, 2.45) is 0 Å². The molecule has 0 bridgehead atoms. The molecule has 5 heteroatoms. The molecule has 0 saturated carbocycles. The Labute approximate surface area is 113 Å². The Morgan fingerprint density at radius 2 is 2.00 bits per heavy atom. The SMILES string of the molecule is O=C(O)c1ccc(-n2ncc3ccccc32)cc1Cl. The molecule has 19 heavy (non-hydrogen) atoms. The predicted molar refractivity (Wildman–Crippen MR) is 73.0 cm³/mol. The van der Waals surface area contributed by atoms with Crippen LogP contribution in [-0.2, 0) is 0 Å². The van der Waals surface area contributed by atoms with Crippen molar-refractivity contribution in [2.45, 2.75) is 0 Å². The van der Waals surface area contributed by atoms with Gasteiger partial charge < -0.3 is 5.11 Å². The fraction of sp³-hybridized carbons (Fsp3) is 0. The maximum Gasteiger partial charge on any atom is 0.337 e. The van der Waals surface area contributed by atoms with E-state index in [4.69, 9.17) is 16.7 Å². The van der Waals surface area contributed by atoms with E-state index >= 15 is 0 Å². The number of para-hydroxylation sites is 1. The monoisotopic (exact) mass is 272 g/mol. The van der Waals surface area contributed by atoms with Gasteiger partial charge in [0.2, 0.25) is 0 Å². The van der Waals surface area contributed by atoms with Crippen molar-refractivity contribution in [3.8, 4) is 5.69 Å². The molecule has 2 aromatic carbocycles. The van der Waals surface area contributed by atoms with Gasteiger partial charge in [0, 0.05) is 5.39 Å². The van der Waals surface area contributed by atoms with Gasteiger partial charge >= 0.3 is 5.97 Å². The molecule has 3 rings (SSSR count). The normalized spacial score (nSPS) is 10.8. The minimum absolute atomic E-state index is 0.0851. The molecule has 0 aliphatic heterocycles. The number of fused-ring (bicyclic) bond motifs is 1. The Bertz CT molecular complexity index is 780. The molecule has 0 radical (unpaired) electrons. The van der Waals surface area contributed by atoms with E-state index in [9.17, 15) is 4.79 Å². The third kappa shape index (κ3) is 1.96. The van der Waals surface area contributed by atoms with Gasteiger partial charge in [0.15, 0.2) is 0 Å². The zero-order valence-electron chi connectivity index (χ0n) is 9.75. The fourth-order valence-electron chi connectivity index (χ4n) is 1.99. The first-order valence-corrected chi connectivity index (χ1v) is 6.00. The summed E-state index contributed by atoms with van der Waals surface area (Å²) < 4.78 is 1.73. The van der Waals surface area contributed by atoms with Gasteiger partial charge in [-0.1, -0.05) is 29.8 Å². The summed E-state index contributed by atoms with van der Waals surface area (Å²) in [6.07, 6.45) is 1.76. The van der Waals surface area contributed by atoms with Crippen LogP contribution in [0.15, 0.2) is 48.7 Å². The molecule has 0 saturated heterocycles. The highest BCUT2D eigenvalue weighted by Gasteiger charge is 2.11. The van der Waals surface area contributed by atoms with E-state index in [0.717, 1.165) is 16.6 Å². The molecule has 94 valence electrons. The van der Waals surface area contributed by atoms with Gasteiger partial charge in [0.1, 0.15) is 0 Å². The van der Waals surface area contributed by atoms with Crippen molar-refractivity contribution in [2.75, 3.05) is 0 Å². The fourth-order valence-corrected chi connectivity index (χ4v) is 2.24. The summed E-state index contributed by atoms with van der Waals surface area (Å²) in [6, 6.07) is 12.5. The van der Waals surface area contributed by atoms with Crippen LogP contribution in [0.4, 0.5) is 0 Å². The molecule has 4 nitrogen and oxygen atoms in total. The molecule has 0 spiro atoms. The Morgan fingerprint density at radius 1 is 1.21 bits per heavy atom. The Balaban J connectivity index is 2.17. The number of carboxylic acid groups (broad SMARTS) is 1. The zero-order chi connectivity index (χ0) is 13.4. The molecule has 0 aliphatic rings. The molecule has 0 aliphatic carbocycles. The molecule has 1 heterocycles. The Kier molecular flexibility index (Phi) is 2.72. The molecule has 1 N–H and O–H groups in total. The van der Waals surface area contributed by atoms with Gasteiger partial charge in [-0.2, -0.15) is 5.10 Å². The lowest BCUT2D eigenvalue weighted by Gasteiger charge is -2.05. The van der Waals surface area contributed by atoms with Crippen molar-refractivity contribution in [1.29, 1.82) is 0 Å². The minimum atomic E-state index is -1.04. The van der Waals surface area contributed by atoms with E-state index in [-0.39, 0.29) is 10.6 Å². The number of hydrogen-bond acceptors (Lipinski definition) is 2. The number of carboxylic acids is 1. The van der Waals surface area contributed by atoms with Crippen molar-refractivity contribution >= 4 is 28.5 Å². The van der Waals surface area contributed by atoms with Gasteiger partial charge in [-0.15, -0.1) is 0 Å². The summed E-state index contributed by atoms with van der Waals surface area (Å²) >= 11 is 5.97. The summed E-state index contributed by atoms with van der Waals surface area (Å²) in [5, 5.41) is 14.5. The van der Waals surface area contributed by atoms with E-state index in [1.807, 2.05) is 24.3 Å². The van der Waals surface area contributed by atoms with Crippen LogP contribution in [0.3, 0.4) is 0 Å². The van der Waals surface area contributed by atoms with Gasteiger partial charge in [-0.3, -0.25) is 0 Å². The van der Waals surface area contributed by atoms with Gasteiger partial charge in [0.25, 0.3) is 0 Å². The first kappa shape index (κ1) is 11.7. The van der Waals surface area contributed by atoms with Crippen LogP contribution in [0.2, 0.25) is 5.02 Å². The van der Waals surface area contributed by atoms with E-state index in [1.165, 1.54) is 6.07 Å². The smallest absolute Gasteiger partial charge is 0.337 e. The van der Waals surface area contributed by atoms with Gasteiger partial charge in [-0.25, -0.2) is 9.48 Å². The first-order chi connectivity index (χ1) is 9.16. The van der Waals surface area contributed by atoms with Crippen LogP contribution in [0.5, 0.6) is 0 Å². The molecule has 0 atom stereocenters. The lowest BCUT2D eigenvalue weighted by molar-refractivity contribution is 0.0697. The topological polar surface area (TPSA) is 55.1 Å². The molecule has 0 amide bonds. The maximum absolute atomic E-state index is 10.9. The number of halogens is 1. The highest BCUT2D eigenvalue weighted by molar-refractivity contribution is 6.33. The van der Waals surface area contributed by atoms with Gasteiger partial charge in [0.05, 0.1) is 28.0 Å². The molecule has 0 unspecified atom stereocenters. The van der Waals surface area contributed by atoms with Crippen molar-refractivity contribution in [3.63, 3.8) is 0 Å². The van der Waals surface area contributed by atoms with Crippen LogP contribution in [0.1, 0.15) is 10.4 Å². The average molecular weight is 273 g/mol. The van der Waals surface area contributed by atoms with Crippen LogP contribution in [0, 0.1) is 0 Å². The van der Waals surface area contributed by atoms with Crippen LogP contribution < -0.4 is 0 Å². The summed E-state index contributed by atoms with van der Waals surface area (Å²) in [5.74, 6) is -1.04. The number of carbonyl (C=O) groups is 1. The second kappa shape index (κ2) is 4.40. The summed E-state index contributed by atoms with van der Waals surface area (Å²) in [5.41, 5.74) is 1.76. The maximum atomic E-state index is 10.9. The zero-order valence-corrected chi connectivity index (χ0v) is 10.5. The molecule has 3 aromatic rings. The van der Waals surface area contributed by atoms with Crippen molar-refractivity contribution in [3.05, 3.63) is 59.2 Å². The van der Waals surface area contributed by atoms with Crippen molar-refractivity contribution in [1.82, 2.24) is 9.78 Å². The Hall–Kier alpha value is -2.33. The minimum Gasteiger partial charge on any atom is -0.478 e. The standard InChI is InChI=1S/C14H9ClN2O2/c15-12-7-10(5-6-11(12)14(18)19)17-13-4-2-1-3-9(13)8-16-17/h1-8H,(H,18,19). The van der Waals surface area contributed by atoms with E-state index in [0.29, 0.717) is 0 Å². The Morgan fingerprint density at radius 3 is 2.74 bits per heavy atom. The summed E-state index contributed by atoms with van der Waals surface area (Å²) in [4.78, 5) is 10.9. The lowest BCUT2D eigenvalue weighted by Crippen LogP contribution is -2.00. The largest absolute Gasteiger partial charge is 0.478 e. The van der Waals surface area contributed by atoms with Crippen LogP contribution in [0.25, 0.3) is 16.6 Å². The average Bonchev–Trinajstić information content (AvgIpc) is 2.82. The summed E-state index contributed by atoms with van der Waals surface area (Å²) in [6.45, 7) is 0. The quantitative estimate of drug-likeness (QED) is 0.778. The first-order valence-electron chi connectivity index (χ1n) is 5.63. The van der Waals surface area contributed by atoms with Gasteiger partial charge in [-0.05, 0) is 24.3 Å². The lowest BCUT2D eigenvalue weighted by atomic mass is 10.2. The van der Waals surface area contributed by atoms with Crippen molar-refractivity contribution < 1.29 is 9.90 Å². The van der Waals surface area contributed by atoms with E-state index in [1.54, 1.807) is 23.0 Å². The van der Waals surface area contributed by atoms with Crippen LogP contribution in [-0.4, -0.2) is 20.9 Å². The van der Waals surface area contributed by atoms with E-state index < -0.39 is 5.97 Å². The van der Waals surface area contributed by atoms with E-state index in [2.05, 4.69) is 5.10 Å².